The molecule has 28 heavy (non-hydrogen) atoms. The fraction of sp³-hybridized carbons (Fsp3) is 0.619. The summed E-state index contributed by atoms with van der Waals surface area (Å²) in [7, 11) is 1.87. The van der Waals surface area contributed by atoms with Crippen LogP contribution in [0.15, 0.2) is 29.3 Å². The summed E-state index contributed by atoms with van der Waals surface area (Å²) in [5, 5.41) is 3.53. The van der Waals surface area contributed by atoms with Gasteiger partial charge < -0.3 is 20.9 Å². The number of unbranched alkanes of at least 4 members (excludes halogenated alkanes) is 1. The molecule has 3 rings (SSSR count). The molecule has 1 saturated heterocycles. The van der Waals surface area contributed by atoms with E-state index in [4.69, 9.17) is 5.73 Å². The van der Waals surface area contributed by atoms with Crippen molar-refractivity contribution in [2.24, 2.45) is 16.6 Å². The maximum atomic E-state index is 11.2. The predicted octanol–water partition coefficient (Wildman–Crippen LogP) is 2.22. The number of aliphatic imine (C=N–C) groups is 1. The van der Waals surface area contributed by atoms with Gasteiger partial charge in [-0.3, -0.25) is 9.79 Å². The number of rotatable bonds is 6. The summed E-state index contributed by atoms with van der Waals surface area (Å²) in [6, 6.07) is 8.69. The summed E-state index contributed by atoms with van der Waals surface area (Å²) in [6.45, 7) is 5.99. The number of carbonyl (C=O) groups is 1. The lowest BCUT2D eigenvalue weighted by molar-refractivity contribution is -0.123. The van der Waals surface area contributed by atoms with Gasteiger partial charge in [0.2, 0.25) is 5.91 Å². The van der Waals surface area contributed by atoms with E-state index in [1.54, 1.807) is 0 Å². The molecule has 0 atom stereocenters. The molecule has 3 N–H and O–H groups in total. The molecule has 0 radical (unpaired) electrons. The maximum absolute atomic E-state index is 11.2. The zero-order valence-corrected chi connectivity index (χ0v) is 19.2. The molecule has 0 bridgehead atoms. The van der Waals surface area contributed by atoms with E-state index in [1.807, 2.05) is 7.05 Å². The first kappa shape index (κ1) is 22.9. The number of amides is 1. The zero-order chi connectivity index (χ0) is 19.1. The highest BCUT2D eigenvalue weighted by Crippen LogP contribution is 2.19. The van der Waals surface area contributed by atoms with Crippen LogP contribution in [0.1, 0.15) is 36.8 Å². The van der Waals surface area contributed by atoms with Crippen LogP contribution in [-0.4, -0.2) is 61.4 Å². The molecule has 2 aliphatic heterocycles. The molecule has 1 aromatic rings. The Morgan fingerprint density at radius 1 is 1.18 bits per heavy atom. The molecule has 156 valence electrons. The van der Waals surface area contributed by atoms with Crippen LogP contribution >= 0.6 is 24.0 Å². The molecule has 2 heterocycles. The highest BCUT2D eigenvalue weighted by molar-refractivity contribution is 14.0. The smallest absolute Gasteiger partial charge is 0.220 e. The van der Waals surface area contributed by atoms with Crippen molar-refractivity contribution in [3.05, 3.63) is 35.4 Å². The summed E-state index contributed by atoms with van der Waals surface area (Å²) in [4.78, 5) is 20.5. The van der Waals surface area contributed by atoms with E-state index in [-0.39, 0.29) is 35.8 Å². The Morgan fingerprint density at radius 2 is 1.89 bits per heavy atom. The average molecular weight is 499 g/mol. The number of halogens is 1. The topological polar surface area (TPSA) is 74.0 Å². The van der Waals surface area contributed by atoms with Crippen LogP contribution < -0.4 is 11.1 Å². The third kappa shape index (κ3) is 6.34. The van der Waals surface area contributed by atoms with Crippen LogP contribution in [0.3, 0.4) is 0 Å². The second-order valence-electron chi connectivity index (χ2n) is 7.64. The molecular weight excluding hydrogens is 465 g/mol. The number of carbonyl (C=O) groups excluding carboxylic acids is 1. The number of benzene rings is 1. The summed E-state index contributed by atoms with van der Waals surface area (Å²) < 4.78 is 0. The fourth-order valence-corrected chi connectivity index (χ4v) is 4.11. The first-order valence-corrected chi connectivity index (χ1v) is 10.2. The quantitative estimate of drug-likeness (QED) is 0.273. The maximum Gasteiger partial charge on any atom is 0.220 e. The molecule has 0 unspecified atom stereocenters. The Hall–Kier alpha value is -1.35. The van der Waals surface area contributed by atoms with Crippen LogP contribution in [-0.2, 0) is 17.8 Å². The Morgan fingerprint density at radius 3 is 2.57 bits per heavy atom. The van der Waals surface area contributed by atoms with Crippen molar-refractivity contribution in [1.29, 1.82) is 0 Å². The first-order valence-electron chi connectivity index (χ1n) is 10.2. The third-order valence-electron chi connectivity index (χ3n) is 5.82. The number of primary amides is 1. The van der Waals surface area contributed by atoms with Crippen LogP contribution in [0.5, 0.6) is 0 Å². The number of hydrogen-bond donors (Lipinski definition) is 2. The van der Waals surface area contributed by atoms with E-state index in [1.165, 1.54) is 11.1 Å². The Balaban J connectivity index is 0.00000280. The van der Waals surface area contributed by atoms with E-state index in [9.17, 15) is 4.79 Å². The van der Waals surface area contributed by atoms with E-state index in [2.05, 4.69) is 44.4 Å². The van der Waals surface area contributed by atoms with Gasteiger partial charge in [-0.05, 0) is 62.9 Å². The van der Waals surface area contributed by atoms with E-state index in [0.717, 1.165) is 77.3 Å². The zero-order valence-electron chi connectivity index (χ0n) is 16.9. The van der Waals surface area contributed by atoms with Crippen molar-refractivity contribution in [3.8, 4) is 0 Å². The lowest BCUT2D eigenvalue weighted by Crippen LogP contribution is -2.44. The van der Waals surface area contributed by atoms with Gasteiger partial charge in [-0.1, -0.05) is 24.3 Å². The summed E-state index contributed by atoms with van der Waals surface area (Å²) in [6.07, 6.45) is 5.19. The molecule has 1 amide bonds. The summed E-state index contributed by atoms with van der Waals surface area (Å²) >= 11 is 0. The minimum Gasteiger partial charge on any atom is -0.369 e. The number of nitrogens with two attached hydrogens (primary N) is 1. The SMILES string of the molecule is CN=C(NCCCCN1CCC(C(N)=O)CC1)N1CCc2ccccc2C1.I. The average Bonchev–Trinajstić information content (AvgIpc) is 2.70. The number of fused-ring (bicyclic) bond motifs is 1. The highest BCUT2D eigenvalue weighted by atomic mass is 127. The van der Waals surface area contributed by atoms with Crippen LogP contribution in [0, 0.1) is 5.92 Å². The number of nitrogens with zero attached hydrogens (tertiary/aromatic N) is 3. The predicted molar refractivity (Wildman–Crippen MR) is 125 cm³/mol. The second-order valence-corrected chi connectivity index (χ2v) is 7.64. The van der Waals surface area contributed by atoms with Crippen LogP contribution in [0.25, 0.3) is 0 Å². The molecule has 1 aromatic carbocycles. The third-order valence-corrected chi connectivity index (χ3v) is 5.82. The van der Waals surface area contributed by atoms with Crippen LogP contribution in [0.2, 0.25) is 0 Å². The van der Waals surface area contributed by atoms with Gasteiger partial charge in [-0.25, -0.2) is 0 Å². The van der Waals surface area contributed by atoms with Gasteiger partial charge in [0.25, 0.3) is 0 Å². The highest BCUT2D eigenvalue weighted by Gasteiger charge is 2.22. The molecule has 0 saturated carbocycles. The largest absolute Gasteiger partial charge is 0.369 e. The minimum atomic E-state index is -0.134. The Kier molecular flexibility index (Phi) is 9.50. The minimum absolute atomic E-state index is 0. The number of hydrogen-bond acceptors (Lipinski definition) is 3. The molecule has 6 nitrogen and oxygen atoms in total. The van der Waals surface area contributed by atoms with Crippen molar-refractivity contribution in [2.45, 2.75) is 38.6 Å². The van der Waals surface area contributed by atoms with Gasteiger partial charge in [-0.2, -0.15) is 0 Å². The standard InChI is InChI=1S/C21H33N5O.HI/c1-23-21(26-15-10-17-6-2-3-7-19(17)16-26)24-11-4-5-12-25-13-8-18(9-14-25)20(22)27;/h2-3,6-7,18H,4-5,8-16H2,1H3,(H2,22,27)(H,23,24);1H. The number of piperidine rings is 1. The number of likely N-dealkylation sites (tertiary alicyclic amines) is 1. The van der Waals surface area contributed by atoms with Crippen molar-refractivity contribution >= 4 is 35.8 Å². The lowest BCUT2D eigenvalue weighted by atomic mass is 9.96. The van der Waals surface area contributed by atoms with Crippen molar-refractivity contribution in [1.82, 2.24) is 15.1 Å². The molecule has 7 heteroatoms. The molecule has 0 spiro atoms. The number of nitrogens with one attached hydrogen (secondary N) is 1. The van der Waals surface area contributed by atoms with Gasteiger partial charge in [0.1, 0.15) is 0 Å². The van der Waals surface area contributed by atoms with Gasteiger partial charge >= 0.3 is 0 Å². The van der Waals surface area contributed by atoms with E-state index < -0.39 is 0 Å². The van der Waals surface area contributed by atoms with Gasteiger partial charge in [-0.15, -0.1) is 24.0 Å². The summed E-state index contributed by atoms with van der Waals surface area (Å²) in [5.41, 5.74) is 8.27. The second kappa shape index (κ2) is 11.6. The molecule has 2 aliphatic rings. The van der Waals surface area contributed by atoms with Crippen molar-refractivity contribution in [3.63, 3.8) is 0 Å². The summed E-state index contributed by atoms with van der Waals surface area (Å²) in [5.74, 6) is 0.957. The first-order chi connectivity index (χ1) is 13.2. The van der Waals surface area contributed by atoms with E-state index in [0.29, 0.717) is 0 Å². The van der Waals surface area contributed by atoms with Gasteiger partial charge in [0, 0.05) is 32.6 Å². The molecule has 1 fully saturated rings. The van der Waals surface area contributed by atoms with E-state index >= 15 is 0 Å². The van der Waals surface area contributed by atoms with Crippen molar-refractivity contribution in [2.75, 3.05) is 39.8 Å². The van der Waals surface area contributed by atoms with Gasteiger partial charge in [0.05, 0.1) is 0 Å². The Labute approximate surface area is 186 Å². The Bertz CT molecular complexity index is 658. The molecular formula is C21H34IN5O. The molecule has 0 aliphatic carbocycles. The lowest BCUT2D eigenvalue weighted by Gasteiger charge is -2.32. The molecule has 0 aromatic heterocycles. The number of guanidine groups is 1. The van der Waals surface area contributed by atoms with Crippen LogP contribution in [0.4, 0.5) is 0 Å². The van der Waals surface area contributed by atoms with Gasteiger partial charge in [0.15, 0.2) is 5.96 Å². The van der Waals surface area contributed by atoms with Crippen molar-refractivity contribution < 1.29 is 4.79 Å². The monoisotopic (exact) mass is 499 g/mol. The normalized spacial score (nSPS) is 18.3. The fourth-order valence-electron chi connectivity index (χ4n) is 4.11.